The number of nitrogens with zero attached hydrogens (tertiary/aromatic N) is 5. The molecule has 3 heterocycles. The van der Waals surface area contributed by atoms with Crippen LogP contribution >= 0.6 is 18.7 Å². The van der Waals surface area contributed by atoms with Crippen LogP contribution in [0, 0.1) is 0 Å². The highest BCUT2D eigenvalue weighted by Gasteiger charge is 2.27. The highest BCUT2D eigenvalue weighted by molar-refractivity contribution is 7.69. The average molecular weight is 557 g/mol. The Morgan fingerprint density at radius 1 is 1.24 bits per heavy atom. The smallest absolute Gasteiger partial charge is 0.258 e. The Morgan fingerprint density at radius 3 is 2.76 bits per heavy atom. The van der Waals surface area contributed by atoms with Gasteiger partial charge in [0, 0.05) is 37.5 Å². The molecule has 1 unspecified atom stereocenters. The molecule has 1 aromatic carbocycles. The number of likely N-dealkylation sites (tertiary alicyclic amines) is 1. The van der Waals surface area contributed by atoms with Gasteiger partial charge in [-0.15, -0.1) is 0 Å². The number of hydrogen-bond acceptors (Lipinski definition) is 6. The summed E-state index contributed by atoms with van der Waals surface area (Å²) < 4.78 is 14.5. The molecule has 2 amide bonds. The molecule has 1 saturated heterocycles. The monoisotopic (exact) mass is 556 g/mol. The number of aromatic nitrogens is 3. The normalized spacial score (nSPS) is 16.8. The van der Waals surface area contributed by atoms with Crippen molar-refractivity contribution in [3.63, 3.8) is 0 Å². The van der Waals surface area contributed by atoms with Crippen LogP contribution in [0.2, 0.25) is 5.02 Å². The summed E-state index contributed by atoms with van der Waals surface area (Å²) in [7, 11) is 1.27. The molecule has 1 aliphatic rings. The highest BCUT2D eigenvalue weighted by atomic mass is 35.5. The Labute approximate surface area is 228 Å². The summed E-state index contributed by atoms with van der Waals surface area (Å²) in [6.45, 7) is 5.06. The van der Waals surface area contributed by atoms with Crippen LogP contribution in [0.1, 0.15) is 35.7 Å². The second-order valence-electron chi connectivity index (χ2n) is 10.2. The first-order valence-corrected chi connectivity index (χ1v) is 15.6. The van der Waals surface area contributed by atoms with Crippen molar-refractivity contribution >= 4 is 53.0 Å². The molecule has 3 aromatic rings. The van der Waals surface area contributed by atoms with E-state index in [1.54, 1.807) is 37.6 Å². The summed E-state index contributed by atoms with van der Waals surface area (Å²) in [5.41, 5.74) is 2.10. The molecule has 0 aliphatic carbocycles. The molecule has 4 rings (SSSR count). The van der Waals surface area contributed by atoms with E-state index in [2.05, 4.69) is 10.3 Å². The number of halogens is 1. The molecule has 2 aromatic heterocycles. The SMILES string of the molecule is CN(C)C/C=C/C(=O)N1CCCCC(n2c(NC(=O)c3ccnc(P(C)(C)=O)c3)nc3cccc(Cl)c32)C1. The van der Waals surface area contributed by atoms with Crippen LogP contribution in [0.5, 0.6) is 0 Å². The van der Waals surface area contributed by atoms with Gasteiger partial charge in [0.1, 0.15) is 12.6 Å². The first-order valence-electron chi connectivity index (χ1n) is 12.6. The van der Waals surface area contributed by atoms with E-state index in [0.717, 1.165) is 19.3 Å². The Hall–Kier alpha value is -3.00. The molecule has 0 saturated carbocycles. The first kappa shape index (κ1) is 28.0. The third kappa shape index (κ3) is 6.52. The van der Waals surface area contributed by atoms with Gasteiger partial charge in [0.25, 0.3) is 5.91 Å². The van der Waals surface area contributed by atoms with Gasteiger partial charge in [0.2, 0.25) is 11.9 Å². The van der Waals surface area contributed by atoms with Crippen molar-refractivity contribution in [2.45, 2.75) is 25.3 Å². The summed E-state index contributed by atoms with van der Waals surface area (Å²) in [4.78, 5) is 39.1. The van der Waals surface area contributed by atoms with Crippen molar-refractivity contribution < 1.29 is 14.2 Å². The first-order chi connectivity index (χ1) is 18.0. The Bertz CT molecular complexity index is 1410. The number of carbonyl (C=O) groups excluding carboxylic acids is 2. The lowest BCUT2D eigenvalue weighted by Crippen LogP contribution is -2.34. The van der Waals surface area contributed by atoms with Gasteiger partial charge in [-0.05, 0) is 71.0 Å². The maximum Gasteiger partial charge on any atom is 0.258 e. The summed E-state index contributed by atoms with van der Waals surface area (Å²) in [6, 6.07) is 8.48. The van der Waals surface area contributed by atoms with E-state index in [0.29, 0.717) is 52.6 Å². The zero-order valence-electron chi connectivity index (χ0n) is 22.2. The molecule has 9 nitrogen and oxygen atoms in total. The van der Waals surface area contributed by atoms with E-state index in [1.807, 2.05) is 46.7 Å². The van der Waals surface area contributed by atoms with Crippen molar-refractivity contribution in [2.75, 3.05) is 52.4 Å². The number of para-hydroxylation sites is 1. The number of nitrogens with one attached hydrogen (secondary N) is 1. The van der Waals surface area contributed by atoms with Gasteiger partial charge in [0.05, 0.1) is 22.1 Å². The molecule has 1 fully saturated rings. The second kappa shape index (κ2) is 11.8. The number of benzene rings is 1. The number of amides is 2. The standard InChI is InChI=1S/C27H34ClN6O3P/c1-32(2)15-8-12-24(35)33-16-6-5-9-20(18-33)34-25-21(28)10-7-11-22(25)30-27(34)31-26(36)19-13-14-29-23(17-19)38(3,4)37/h7-8,10-14,17,20H,5-6,9,15-16,18H2,1-4H3,(H,30,31,36)/b12-8+. The summed E-state index contributed by atoms with van der Waals surface area (Å²) in [5.74, 6) is -0.0641. The number of pyridine rings is 1. The summed E-state index contributed by atoms with van der Waals surface area (Å²) >= 11 is 6.65. The molecular formula is C27H34ClN6O3P. The summed E-state index contributed by atoms with van der Waals surface area (Å²) in [5, 5.41) is 3.47. The van der Waals surface area contributed by atoms with Crippen molar-refractivity contribution in [1.82, 2.24) is 24.3 Å². The van der Waals surface area contributed by atoms with Crippen LogP contribution in [0.25, 0.3) is 11.0 Å². The van der Waals surface area contributed by atoms with Gasteiger partial charge in [-0.2, -0.15) is 0 Å². The predicted molar refractivity (Wildman–Crippen MR) is 153 cm³/mol. The lowest BCUT2D eigenvalue weighted by molar-refractivity contribution is -0.126. The van der Waals surface area contributed by atoms with E-state index in [-0.39, 0.29) is 17.9 Å². The largest absolute Gasteiger partial charge is 0.337 e. The number of hydrogen-bond donors (Lipinski definition) is 1. The van der Waals surface area contributed by atoms with E-state index in [4.69, 9.17) is 16.6 Å². The van der Waals surface area contributed by atoms with Crippen LogP contribution in [0.15, 0.2) is 48.7 Å². The van der Waals surface area contributed by atoms with Crippen molar-refractivity contribution in [1.29, 1.82) is 0 Å². The number of anilines is 1. The number of imidazole rings is 1. The van der Waals surface area contributed by atoms with Crippen LogP contribution in [-0.4, -0.2) is 83.2 Å². The van der Waals surface area contributed by atoms with E-state index in [1.165, 1.54) is 6.20 Å². The zero-order valence-corrected chi connectivity index (χ0v) is 23.9. The minimum Gasteiger partial charge on any atom is -0.337 e. The quantitative estimate of drug-likeness (QED) is 0.345. The molecule has 0 radical (unpaired) electrons. The van der Waals surface area contributed by atoms with Gasteiger partial charge < -0.3 is 18.9 Å². The van der Waals surface area contributed by atoms with Crippen LogP contribution in [0.4, 0.5) is 5.95 Å². The lowest BCUT2D eigenvalue weighted by atomic mass is 10.1. The van der Waals surface area contributed by atoms with Gasteiger partial charge in [-0.3, -0.25) is 19.9 Å². The van der Waals surface area contributed by atoms with Crippen LogP contribution in [-0.2, 0) is 9.36 Å². The summed E-state index contributed by atoms with van der Waals surface area (Å²) in [6.07, 6.45) is 7.60. The van der Waals surface area contributed by atoms with E-state index < -0.39 is 7.14 Å². The number of rotatable bonds is 7. The van der Waals surface area contributed by atoms with Gasteiger partial charge >= 0.3 is 0 Å². The van der Waals surface area contributed by atoms with Gasteiger partial charge in [0.15, 0.2) is 0 Å². The fraction of sp³-hybridized carbons (Fsp3) is 0.407. The third-order valence-corrected chi connectivity index (χ3v) is 8.15. The second-order valence-corrected chi connectivity index (χ2v) is 13.8. The maximum atomic E-state index is 13.3. The topological polar surface area (TPSA) is 100 Å². The van der Waals surface area contributed by atoms with Gasteiger partial charge in [-0.1, -0.05) is 23.7 Å². The molecule has 0 bridgehead atoms. The molecule has 11 heteroatoms. The van der Waals surface area contributed by atoms with Crippen LogP contribution in [0.3, 0.4) is 0 Å². The van der Waals surface area contributed by atoms with Crippen LogP contribution < -0.4 is 10.8 Å². The van der Waals surface area contributed by atoms with E-state index >= 15 is 0 Å². The van der Waals surface area contributed by atoms with Crippen molar-refractivity contribution in [3.8, 4) is 0 Å². The van der Waals surface area contributed by atoms with Gasteiger partial charge in [-0.25, -0.2) is 4.98 Å². The Balaban J connectivity index is 1.68. The minimum atomic E-state index is -2.64. The molecule has 0 spiro atoms. The lowest BCUT2D eigenvalue weighted by Gasteiger charge is -2.26. The molecule has 202 valence electrons. The fourth-order valence-electron chi connectivity index (χ4n) is 4.58. The third-order valence-electron chi connectivity index (χ3n) is 6.50. The molecule has 38 heavy (non-hydrogen) atoms. The number of fused-ring (bicyclic) bond motifs is 1. The highest BCUT2D eigenvalue weighted by Crippen LogP contribution is 2.35. The molecule has 1 aliphatic heterocycles. The van der Waals surface area contributed by atoms with Crippen molar-refractivity contribution in [3.05, 3.63) is 59.3 Å². The zero-order chi connectivity index (χ0) is 27.4. The minimum absolute atomic E-state index is 0.0345. The number of likely N-dealkylation sites (N-methyl/N-ethyl adjacent to an activating group) is 1. The Kier molecular flexibility index (Phi) is 8.71. The average Bonchev–Trinajstić information content (AvgIpc) is 3.05. The Morgan fingerprint density at radius 2 is 2.03 bits per heavy atom. The fourth-order valence-corrected chi connectivity index (χ4v) is 5.63. The predicted octanol–water partition coefficient (Wildman–Crippen LogP) is 4.26. The molecular weight excluding hydrogens is 523 g/mol. The molecule has 1 N–H and O–H groups in total. The van der Waals surface area contributed by atoms with Crippen molar-refractivity contribution in [2.24, 2.45) is 0 Å². The number of carbonyl (C=O) groups is 2. The maximum absolute atomic E-state index is 13.3. The molecule has 1 atom stereocenters. The van der Waals surface area contributed by atoms with E-state index in [9.17, 15) is 14.2 Å².